The summed E-state index contributed by atoms with van der Waals surface area (Å²) in [5.74, 6) is -0.361. The number of fused-ring (bicyclic) bond motifs is 1. The number of carbonyl (C=O) groups is 1. The summed E-state index contributed by atoms with van der Waals surface area (Å²) in [6, 6.07) is 13.2. The maximum Gasteiger partial charge on any atom is 0.273 e. The van der Waals surface area contributed by atoms with Crippen LogP contribution in [0.15, 0.2) is 59.8 Å². The number of para-hydroxylation sites is 1. The first-order chi connectivity index (χ1) is 11.1. The Labute approximate surface area is 130 Å². The third kappa shape index (κ3) is 3.08. The molecule has 0 aliphatic heterocycles. The Kier molecular flexibility index (Phi) is 3.84. The summed E-state index contributed by atoms with van der Waals surface area (Å²) < 4.78 is 0. The van der Waals surface area contributed by atoms with Crippen LogP contribution in [0.2, 0.25) is 0 Å². The average Bonchev–Trinajstić information content (AvgIpc) is 3.03. The number of non-ortho nitro benzene ring substituents is 1. The first-order valence-corrected chi connectivity index (χ1v) is 6.79. The number of nitro groups is 1. The third-order valence-electron chi connectivity index (χ3n) is 3.29. The van der Waals surface area contributed by atoms with E-state index in [0.717, 1.165) is 10.9 Å². The molecular formula is C16H12N4O3. The molecule has 0 bridgehead atoms. The molecule has 0 fully saturated rings. The van der Waals surface area contributed by atoms with E-state index in [-0.39, 0.29) is 11.6 Å². The van der Waals surface area contributed by atoms with E-state index >= 15 is 0 Å². The predicted octanol–water partition coefficient (Wildman–Crippen LogP) is 2.84. The van der Waals surface area contributed by atoms with Gasteiger partial charge in [0.2, 0.25) is 0 Å². The number of aromatic nitrogens is 1. The van der Waals surface area contributed by atoms with E-state index in [0.29, 0.717) is 11.1 Å². The molecule has 0 unspecified atom stereocenters. The van der Waals surface area contributed by atoms with Gasteiger partial charge in [-0.1, -0.05) is 24.3 Å². The van der Waals surface area contributed by atoms with Crippen molar-refractivity contribution in [2.24, 2.45) is 5.10 Å². The number of nitro benzene ring substituents is 1. The summed E-state index contributed by atoms with van der Waals surface area (Å²) in [6.45, 7) is 0. The van der Waals surface area contributed by atoms with E-state index in [2.05, 4.69) is 15.5 Å². The number of nitrogens with zero attached hydrogens (tertiary/aromatic N) is 2. The highest BCUT2D eigenvalue weighted by Crippen LogP contribution is 2.16. The van der Waals surface area contributed by atoms with E-state index in [1.807, 2.05) is 12.1 Å². The molecule has 23 heavy (non-hydrogen) atoms. The maximum absolute atomic E-state index is 12.2. The van der Waals surface area contributed by atoms with E-state index in [4.69, 9.17) is 0 Å². The first kappa shape index (κ1) is 14.5. The lowest BCUT2D eigenvalue weighted by molar-refractivity contribution is -0.384. The molecule has 7 nitrogen and oxygen atoms in total. The van der Waals surface area contributed by atoms with Gasteiger partial charge in [-0.3, -0.25) is 14.9 Å². The number of hydrazone groups is 1. The molecular weight excluding hydrogens is 296 g/mol. The van der Waals surface area contributed by atoms with Gasteiger partial charge in [-0.25, -0.2) is 5.43 Å². The molecule has 0 saturated carbocycles. The fourth-order valence-electron chi connectivity index (χ4n) is 2.22. The molecule has 7 heteroatoms. The second kappa shape index (κ2) is 6.10. The highest BCUT2D eigenvalue weighted by atomic mass is 16.6. The molecule has 2 N–H and O–H groups in total. The van der Waals surface area contributed by atoms with Gasteiger partial charge in [-0.15, -0.1) is 0 Å². The molecule has 3 rings (SSSR count). The van der Waals surface area contributed by atoms with Crippen molar-refractivity contribution in [3.63, 3.8) is 0 Å². The topological polar surface area (TPSA) is 100 Å². The van der Waals surface area contributed by atoms with Crippen molar-refractivity contribution >= 4 is 28.7 Å². The number of amides is 1. The van der Waals surface area contributed by atoms with Crippen molar-refractivity contribution in [3.8, 4) is 0 Å². The van der Waals surface area contributed by atoms with Crippen LogP contribution in [0, 0.1) is 10.1 Å². The summed E-state index contributed by atoms with van der Waals surface area (Å²) >= 11 is 0. The largest absolute Gasteiger partial charge is 0.361 e. The number of H-pyrrole nitrogens is 1. The lowest BCUT2D eigenvalue weighted by Crippen LogP contribution is -2.18. The fraction of sp³-hybridized carbons (Fsp3) is 0. The summed E-state index contributed by atoms with van der Waals surface area (Å²) in [4.78, 5) is 25.4. The molecule has 114 valence electrons. The minimum Gasteiger partial charge on any atom is -0.361 e. The van der Waals surface area contributed by atoms with Crippen LogP contribution in [0.4, 0.5) is 5.69 Å². The number of hydrogen-bond acceptors (Lipinski definition) is 4. The lowest BCUT2D eigenvalue weighted by Gasteiger charge is -2.01. The Bertz CT molecular complexity index is 914. The SMILES string of the molecule is O=C(NN=Cc1cccc([N+](=O)[O-])c1)c1cccc2cc[nH]c12. The Morgan fingerprint density at radius 3 is 2.87 bits per heavy atom. The summed E-state index contributed by atoms with van der Waals surface area (Å²) in [5.41, 5.74) is 4.12. The zero-order valence-electron chi connectivity index (χ0n) is 11.9. The van der Waals surface area contributed by atoms with Crippen LogP contribution in [-0.4, -0.2) is 22.0 Å². The molecule has 1 aromatic heterocycles. The van der Waals surface area contributed by atoms with Gasteiger partial charge in [0.15, 0.2) is 0 Å². The van der Waals surface area contributed by atoms with Gasteiger partial charge in [0, 0.05) is 29.3 Å². The summed E-state index contributed by atoms with van der Waals surface area (Å²) in [6.07, 6.45) is 3.12. The molecule has 0 spiro atoms. The van der Waals surface area contributed by atoms with E-state index in [9.17, 15) is 14.9 Å². The molecule has 0 radical (unpaired) electrons. The summed E-state index contributed by atoms with van der Waals surface area (Å²) in [5, 5.41) is 15.5. The quantitative estimate of drug-likeness (QED) is 0.440. The molecule has 0 atom stereocenters. The molecule has 0 aliphatic rings. The predicted molar refractivity (Wildman–Crippen MR) is 86.5 cm³/mol. The van der Waals surface area contributed by atoms with Crippen LogP contribution in [0.25, 0.3) is 10.9 Å². The van der Waals surface area contributed by atoms with Gasteiger partial charge in [0.05, 0.1) is 22.2 Å². The van der Waals surface area contributed by atoms with Crippen LogP contribution in [0.3, 0.4) is 0 Å². The molecule has 0 aliphatic carbocycles. The second-order valence-corrected chi connectivity index (χ2v) is 4.80. The normalized spacial score (nSPS) is 11.0. The second-order valence-electron chi connectivity index (χ2n) is 4.80. The van der Waals surface area contributed by atoms with E-state index in [1.165, 1.54) is 18.3 Å². The number of carbonyl (C=O) groups excluding carboxylic acids is 1. The highest BCUT2D eigenvalue weighted by Gasteiger charge is 2.09. The van der Waals surface area contributed by atoms with E-state index in [1.54, 1.807) is 30.5 Å². The van der Waals surface area contributed by atoms with Crippen molar-refractivity contribution in [1.29, 1.82) is 0 Å². The highest BCUT2D eigenvalue weighted by molar-refractivity contribution is 6.05. The lowest BCUT2D eigenvalue weighted by atomic mass is 10.1. The van der Waals surface area contributed by atoms with Gasteiger partial charge in [0.25, 0.3) is 11.6 Å². The number of rotatable bonds is 4. The van der Waals surface area contributed by atoms with Gasteiger partial charge in [-0.2, -0.15) is 5.10 Å². The standard InChI is InChI=1S/C16H12N4O3/c21-16(14-6-2-4-12-7-8-17-15(12)14)19-18-10-11-3-1-5-13(9-11)20(22)23/h1-10,17H,(H,19,21). The zero-order valence-corrected chi connectivity index (χ0v) is 11.9. The number of hydrogen-bond donors (Lipinski definition) is 2. The van der Waals surface area contributed by atoms with Gasteiger partial charge >= 0.3 is 0 Å². The molecule has 1 amide bonds. The van der Waals surface area contributed by atoms with Crippen LogP contribution in [0.1, 0.15) is 15.9 Å². The van der Waals surface area contributed by atoms with Crippen LogP contribution >= 0.6 is 0 Å². The maximum atomic E-state index is 12.2. The van der Waals surface area contributed by atoms with Crippen molar-refractivity contribution in [2.75, 3.05) is 0 Å². The molecule has 2 aromatic carbocycles. The fourth-order valence-corrected chi connectivity index (χ4v) is 2.22. The molecule has 3 aromatic rings. The van der Waals surface area contributed by atoms with Gasteiger partial charge in [-0.05, 0) is 12.1 Å². The number of nitrogens with one attached hydrogen (secondary N) is 2. The zero-order chi connectivity index (χ0) is 16.2. The van der Waals surface area contributed by atoms with Crippen LogP contribution in [0.5, 0.6) is 0 Å². The smallest absolute Gasteiger partial charge is 0.273 e. The minimum absolute atomic E-state index is 0.0311. The minimum atomic E-state index is -0.484. The summed E-state index contributed by atoms with van der Waals surface area (Å²) in [7, 11) is 0. The number of aromatic amines is 1. The molecule has 1 heterocycles. The third-order valence-corrected chi connectivity index (χ3v) is 3.29. The van der Waals surface area contributed by atoms with Crippen molar-refractivity contribution in [1.82, 2.24) is 10.4 Å². The average molecular weight is 308 g/mol. The van der Waals surface area contributed by atoms with Crippen LogP contribution in [-0.2, 0) is 0 Å². The van der Waals surface area contributed by atoms with E-state index < -0.39 is 4.92 Å². The monoisotopic (exact) mass is 308 g/mol. The Balaban J connectivity index is 1.75. The van der Waals surface area contributed by atoms with Gasteiger partial charge in [0.1, 0.15) is 0 Å². The van der Waals surface area contributed by atoms with Crippen molar-refractivity contribution in [3.05, 3.63) is 76.0 Å². The number of benzene rings is 2. The Morgan fingerprint density at radius 1 is 1.22 bits per heavy atom. The van der Waals surface area contributed by atoms with Crippen LogP contribution < -0.4 is 5.43 Å². The first-order valence-electron chi connectivity index (χ1n) is 6.79. The molecule has 0 saturated heterocycles. The Morgan fingerprint density at radius 2 is 2.04 bits per heavy atom. The Hall–Kier alpha value is -3.48. The van der Waals surface area contributed by atoms with Crippen molar-refractivity contribution in [2.45, 2.75) is 0 Å². The van der Waals surface area contributed by atoms with Gasteiger partial charge < -0.3 is 4.98 Å². The van der Waals surface area contributed by atoms with Crippen molar-refractivity contribution < 1.29 is 9.72 Å².